The summed E-state index contributed by atoms with van der Waals surface area (Å²) < 4.78 is 2.07. The monoisotopic (exact) mass is 360 g/mol. The van der Waals surface area contributed by atoms with Crippen molar-refractivity contribution in [3.63, 3.8) is 0 Å². The summed E-state index contributed by atoms with van der Waals surface area (Å²) in [6.45, 7) is 7.09. The van der Waals surface area contributed by atoms with E-state index in [1.807, 2.05) is 16.6 Å². The third-order valence-electron chi connectivity index (χ3n) is 5.05. The Hall–Kier alpha value is -1.93. The van der Waals surface area contributed by atoms with Gasteiger partial charge in [0.05, 0.1) is 22.9 Å². The Bertz CT molecular complexity index is 735. The number of carbonyl (C=O) groups excluding carboxylic acids is 1. The predicted octanol–water partition coefficient (Wildman–Crippen LogP) is 2.01. The zero-order valence-electron chi connectivity index (χ0n) is 14.5. The van der Waals surface area contributed by atoms with Crippen LogP contribution in [0.25, 0.3) is 0 Å². The van der Waals surface area contributed by atoms with E-state index in [1.54, 1.807) is 11.3 Å². The van der Waals surface area contributed by atoms with Gasteiger partial charge in [-0.2, -0.15) is 5.10 Å². The molecule has 1 unspecified atom stereocenters. The Morgan fingerprint density at radius 1 is 1.40 bits per heavy atom. The van der Waals surface area contributed by atoms with Crippen molar-refractivity contribution in [3.05, 3.63) is 34.0 Å². The minimum atomic E-state index is 0.0571. The Labute approximate surface area is 151 Å². The number of urea groups is 1. The van der Waals surface area contributed by atoms with Gasteiger partial charge in [0.1, 0.15) is 0 Å². The standard InChI is InChI=1S/C17H24N6OS/c1-13-16(25-12-19-13)11-21-9-14-4-5-20-23(14)15(10-21)8-18-17(24)22-6-2-3-7-22/h4-5,12,15H,2-3,6-11H2,1H3,(H,18,24). The van der Waals surface area contributed by atoms with Crippen LogP contribution in [0.4, 0.5) is 4.79 Å². The lowest BCUT2D eigenvalue weighted by atomic mass is 10.2. The van der Waals surface area contributed by atoms with Gasteiger partial charge in [-0.3, -0.25) is 9.58 Å². The van der Waals surface area contributed by atoms with Crippen LogP contribution in [0.3, 0.4) is 0 Å². The molecule has 0 aliphatic carbocycles. The molecule has 0 spiro atoms. The van der Waals surface area contributed by atoms with Gasteiger partial charge in [0.2, 0.25) is 0 Å². The number of nitrogens with zero attached hydrogens (tertiary/aromatic N) is 5. The molecule has 0 radical (unpaired) electrons. The molecule has 134 valence electrons. The predicted molar refractivity (Wildman–Crippen MR) is 96.4 cm³/mol. The highest BCUT2D eigenvalue weighted by Crippen LogP contribution is 2.24. The number of hydrogen-bond acceptors (Lipinski definition) is 5. The molecule has 4 rings (SSSR count). The molecular formula is C17H24N6OS. The highest BCUT2D eigenvalue weighted by atomic mass is 32.1. The van der Waals surface area contributed by atoms with Gasteiger partial charge in [0.25, 0.3) is 0 Å². The van der Waals surface area contributed by atoms with Crippen LogP contribution in [0.2, 0.25) is 0 Å². The Kier molecular flexibility index (Phi) is 4.72. The third kappa shape index (κ3) is 3.55. The number of hydrogen-bond donors (Lipinski definition) is 1. The van der Waals surface area contributed by atoms with Crippen LogP contribution in [0.1, 0.15) is 35.1 Å². The highest BCUT2D eigenvalue weighted by Gasteiger charge is 2.27. The van der Waals surface area contributed by atoms with Crippen LogP contribution in [0, 0.1) is 6.92 Å². The number of rotatable bonds is 4. The molecule has 25 heavy (non-hydrogen) atoms. The lowest BCUT2D eigenvalue weighted by Crippen LogP contribution is -2.45. The number of fused-ring (bicyclic) bond motifs is 1. The fraction of sp³-hybridized carbons (Fsp3) is 0.588. The average molecular weight is 360 g/mol. The number of aromatic nitrogens is 3. The molecule has 2 aliphatic rings. The van der Waals surface area contributed by atoms with Crippen LogP contribution in [0.5, 0.6) is 0 Å². The number of likely N-dealkylation sites (tertiary alicyclic amines) is 1. The molecule has 1 atom stereocenters. The van der Waals surface area contributed by atoms with Crippen molar-refractivity contribution in [2.24, 2.45) is 0 Å². The van der Waals surface area contributed by atoms with E-state index in [9.17, 15) is 4.79 Å². The summed E-state index contributed by atoms with van der Waals surface area (Å²) >= 11 is 1.71. The van der Waals surface area contributed by atoms with Crippen LogP contribution in [-0.2, 0) is 13.1 Å². The maximum absolute atomic E-state index is 12.3. The molecule has 2 aromatic rings. The Morgan fingerprint density at radius 2 is 2.24 bits per heavy atom. The quantitative estimate of drug-likeness (QED) is 0.906. The van der Waals surface area contributed by atoms with Crippen molar-refractivity contribution in [2.45, 2.75) is 38.9 Å². The molecule has 2 aromatic heterocycles. The van der Waals surface area contributed by atoms with Gasteiger partial charge in [0.15, 0.2) is 0 Å². The van der Waals surface area contributed by atoms with Gasteiger partial charge in [0, 0.05) is 50.3 Å². The smallest absolute Gasteiger partial charge is 0.317 e. The first-order valence-corrected chi connectivity index (χ1v) is 9.75. The van der Waals surface area contributed by atoms with Crippen molar-refractivity contribution >= 4 is 17.4 Å². The second kappa shape index (κ2) is 7.13. The lowest BCUT2D eigenvalue weighted by Gasteiger charge is -2.34. The summed E-state index contributed by atoms with van der Waals surface area (Å²) in [6.07, 6.45) is 4.08. The van der Waals surface area contributed by atoms with E-state index in [0.717, 1.165) is 51.3 Å². The van der Waals surface area contributed by atoms with E-state index >= 15 is 0 Å². The molecule has 0 aromatic carbocycles. The summed E-state index contributed by atoms with van der Waals surface area (Å²) in [5.74, 6) is 0. The van der Waals surface area contributed by atoms with Gasteiger partial charge >= 0.3 is 6.03 Å². The Morgan fingerprint density at radius 3 is 3.00 bits per heavy atom. The molecular weight excluding hydrogens is 336 g/mol. The molecule has 4 heterocycles. The Balaban J connectivity index is 1.41. The molecule has 1 N–H and O–H groups in total. The average Bonchev–Trinajstić information content (AvgIpc) is 3.34. The first-order valence-electron chi connectivity index (χ1n) is 8.87. The van der Waals surface area contributed by atoms with Gasteiger partial charge in [-0.15, -0.1) is 11.3 Å². The van der Waals surface area contributed by atoms with Crippen LogP contribution in [-0.4, -0.2) is 56.8 Å². The second-order valence-electron chi connectivity index (χ2n) is 6.83. The van der Waals surface area contributed by atoms with Crippen LogP contribution >= 0.6 is 11.3 Å². The highest BCUT2D eigenvalue weighted by molar-refractivity contribution is 7.09. The normalized spacial score (nSPS) is 20.7. The van der Waals surface area contributed by atoms with E-state index in [2.05, 4.69) is 38.0 Å². The van der Waals surface area contributed by atoms with Crippen molar-refractivity contribution in [1.82, 2.24) is 29.9 Å². The van der Waals surface area contributed by atoms with Crippen molar-refractivity contribution < 1.29 is 4.79 Å². The van der Waals surface area contributed by atoms with Crippen molar-refractivity contribution in [1.29, 1.82) is 0 Å². The molecule has 2 amide bonds. The van der Waals surface area contributed by atoms with Gasteiger partial charge < -0.3 is 10.2 Å². The number of carbonyl (C=O) groups is 1. The first-order chi connectivity index (χ1) is 12.2. The number of nitrogens with one attached hydrogen (secondary N) is 1. The van der Waals surface area contributed by atoms with E-state index in [4.69, 9.17) is 0 Å². The van der Waals surface area contributed by atoms with Gasteiger partial charge in [-0.1, -0.05) is 0 Å². The molecule has 1 fully saturated rings. The van der Waals surface area contributed by atoms with Crippen molar-refractivity contribution in [2.75, 3.05) is 26.2 Å². The zero-order valence-corrected chi connectivity index (χ0v) is 15.3. The summed E-state index contributed by atoms with van der Waals surface area (Å²) in [4.78, 5) is 22.3. The third-order valence-corrected chi connectivity index (χ3v) is 5.97. The topological polar surface area (TPSA) is 66.3 Å². The number of thiazole rings is 1. The summed E-state index contributed by atoms with van der Waals surface area (Å²) in [6, 6.07) is 2.29. The molecule has 2 aliphatic heterocycles. The van der Waals surface area contributed by atoms with E-state index < -0.39 is 0 Å². The first kappa shape index (κ1) is 16.5. The molecule has 0 bridgehead atoms. The second-order valence-corrected chi connectivity index (χ2v) is 7.77. The number of aryl methyl sites for hydroxylation is 1. The summed E-state index contributed by atoms with van der Waals surface area (Å²) in [7, 11) is 0. The minimum absolute atomic E-state index is 0.0571. The molecule has 7 nitrogen and oxygen atoms in total. The number of amides is 2. The summed E-state index contributed by atoms with van der Waals surface area (Å²) in [5, 5.41) is 7.58. The molecule has 0 saturated carbocycles. The van der Waals surface area contributed by atoms with Crippen LogP contribution < -0.4 is 5.32 Å². The van der Waals surface area contributed by atoms with Gasteiger partial charge in [-0.25, -0.2) is 9.78 Å². The zero-order chi connectivity index (χ0) is 17.2. The van der Waals surface area contributed by atoms with E-state index in [0.29, 0.717) is 6.54 Å². The van der Waals surface area contributed by atoms with E-state index in [-0.39, 0.29) is 12.1 Å². The van der Waals surface area contributed by atoms with E-state index in [1.165, 1.54) is 10.6 Å². The van der Waals surface area contributed by atoms with Crippen molar-refractivity contribution in [3.8, 4) is 0 Å². The van der Waals surface area contributed by atoms with Gasteiger partial charge in [-0.05, 0) is 25.8 Å². The minimum Gasteiger partial charge on any atom is -0.336 e. The largest absolute Gasteiger partial charge is 0.336 e. The summed E-state index contributed by atoms with van der Waals surface area (Å²) in [5.41, 5.74) is 4.23. The maximum Gasteiger partial charge on any atom is 0.317 e. The molecule has 1 saturated heterocycles. The van der Waals surface area contributed by atoms with Crippen LogP contribution in [0.15, 0.2) is 17.8 Å². The SMILES string of the molecule is Cc1ncsc1CN1Cc2ccnn2C(CNC(=O)N2CCCC2)C1. The lowest BCUT2D eigenvalue weighted by molar-refractivity contribution is 0.162. The molecule has 8 heteroatoms. The fourth-order valence-corrected chi connectivity index (χ4v) is 4.47. The fourth-order valence-electron chi connectivity index (χ4n) is 3.65. The maximum atomic E-state index is 12.3.